The Hall–Kier alpha value is -0.420. The Bertz CT molecular complexity index is 371. The lowest BCUT2D eigenvalue weighted by Gasteiger charge is -2.34. The molecule has 1 aromatic rings. The minimum atomic E-state index is 0.150. The van der Waals surface area contributed by atoms with Crippen LogP contribution in [0, 0.1) is 0 Å². The van der Waals surface area contributed by atoms with E-state index in [1.165, 1.54) is 38.3 Å². The maximum atomic E-state index is 6.26. The van der Waals surface area contributed by atoms with Gasteiger partial charge in [0.2, 0.25) is 0 Å². The molecule has 0 radical (unpaired) electrons. The maximum absolute atomic E-state index is 6.26. The van der Waals surface area contributed by atoms with Gasteiger partial charge < -0.3 is 15.5 Å². The number of nitrogens with two attached hydrogens (primary N) is 1. The van der Waals surface area contributed by atoms with Crippen molar-refractivity contribution in [2.24, 2.45) is 5.73 Å². The zero-order chi connectivity index (χ0) is 13.7. The first-order valence-electron chi connectivity index (χ1n) is 7.15. The molecule has 0 aliphatic carbocycles. The Kier molecular flexibility index (Phi) is 5.82. The van der Waals surface area contributed by atoms with Crippen molar-refractivity contribution in [2.45, 2.75) is 19.4 Å². The molecule has 1 aliphatic heterocycles. The number of halogens is 1. The van der Waals surface area contributed by atoms with E-state index >= 15 is 0 Å². The van der Waals surface area contributed by atoms with Crippen LogP contribution in [0.1, 0.15) is 24.9 Å². The molecule has 1 fully saturated rings. The monoisotopic (exact) mass is 325 g/mol. The fourth-order valence-corrected chi connectivity index (χ4v) is 2.79. The van der Waals surface area contributed by atoms with Gasteiger partial charge in [0.15, 0.2) is 0 Å². The number of hydrogen-bond donors (Lipinski definition) is 1. The van der Waals surface area contributed by atoms with Gasteiger partial charge in [0.1, 0.15) is 0 Å². The van der Waals surface area contributed by atoms with Gasteiger partial charge >= 0.3 is 0 Å². The Morgan fingerprint density at radius 3 is 2.26 bits per heavy atom. The van der Waals surface area contributed by atoms with E-state index in [1.807, 2.05) is 0 Å². The minimum absolute atomic E-state index is 0.150. The zero-order valence-corrected chi connectivity index (χ0v) is 13.3. The molecule has 106 valence electrons. The van der Waals surface area contributed by atoms with Gasteiger partial charge in [-0.3, -0.25) is 0 Å². The molecule has 1 atom stereocenters. The van der Waals surface area contributed by atoms with Crippen LogP contribution in [0.3, 0.4) is 0 Å². The summed E-state index contributed by atoms with van der Waals surface area (Å²) < 4.78 is 1.11. The predicted octanol–water partition coefficient (Wildman–Crippen LogP) is 2.48. The summed E-state index contributed by atoms with van der Waals surface area (Å²) in [6.07, 6.45) is 1.04. The van der Waals surface area contributed by atoms with Crippen molar-refractivity contribution in [1.29, 1.82) is 0 Å². The summed E-state index contributed by atoms with van der Waals surface area (Å²) in [7, 11) is 0. The maximum Gasteiger partial charge on any atom is 0.0307 e. The van der Waals surface area contributed by atoms with Crippen molar-refractivity contribution >= 4 is 15.9 Å². The molecular weight excluding hydrogens is 302 g/mol. The van der Waals surface area contributed by atoms with Gasteiger partial charge in [0.25, 0.3) is 0 Å². The number of piperazine rings is 1. The summed E-state index contributed by atoms with van der Waals surface area (Å²) in [5, 5.41) is 0. The highest BCUT2D eigenvalue weighted by Gasteiger charge is 2.16. The summed E-state index contributed by atoms with van der Waals surface area (Å²) in [5.74, 6) is 0. The Morgan fingerprint density at radius 2 is 1.68 bits per heavy atom. The Morgan fingerprint density at radius 1 is 1.11 bits per heavy atom. The van der Waals surface area contributed by atoms with Crippen LogP contribution in [0.2, 0.25) is 0 Å². The lowest BCUT2D eigenvalue weighted by Crippen LogP contribution is -2.46. The first-order valence-corrected chi connectivity index (χ1v) is 7.94. The van der Waals surface area contributed by atoms with E-state index in [0.717, 1.165) is 17.4 Å². The fraction of sp³-hybridized carbons (Fsp3) is 0.600. The third-order valence-corrected chi connectivity index (χ3v) is 4.50. The first-order chi connectivity index (χ1) is 9.19. The molecule has 1 heterocycles. The Balaban J connectivity index is 1.75. The van der Waals surface area contributed by atoms with Gasteiger partial charge in [-0.05, 0) is 30.7 Å². The minimum Gasteiger partial charge on any atom is -0.324 e. The molecule has 0 aromatic heterocycles. The van der Waals surface area contributed by atoms with E-state index in [-0.39, 0.29) is 6.04 Å². The van der Waals surface area contributed by atoms with E-state index in [1.54, 1.807) is 0 Å². The van der Waals surface area contributed by atoms with E-state index < -0.39 is 0 Å². The van der Waals surface area contributed by atoms with Gasteiger partial charge in [0, 0.05) is 43.2 Å². The van der Waals surface area contributed by atoms with Gasteiger partial charge in [-0.25, -0.2) is 0 Å². The lowest BCUT2D eigenvalue weighted by atomic mass is 10.0. The van der Waals surface area contributed by atoms with E-state index in [9.17, 15) is 0 Å². The molecule has 1 aromatic carbocycles. The quantitative estimate of drug-likeness (QED) is 0.902. The third kappa shape index (κ3) is 4.56. The van der Waals surface area contributed by atoms with Crippen molar-refractivity contribution in [3.8, 4) is 0 Å². The summed E-state index contributed by atoms with van der Waals surface area (Å²) in [5.41, 5.74) is 7.50. The molecule has 0 saturated carbocycles. The van der Waals surface area contributed by atoms with Crippen LogP contribution in [0.4, 0.5) is 0 Å². The largest absolute Gasteiger partial charge is 0.324 e. The smallest absolute Gasteiger partial charge is 0.0307 e. The highest BCUT2D eigenvalue weighted by Crippen LogP contribution is 2.18. The summed E-state index contributed by atoms with van der Waals surface area (Å²) >= 11 is 3.45. The molecule has 1 unspecified atom stereocenters. The van der Waals surface area contributed by atoms with Gasteiger partial charge in [-0.1, -0.05) is 35.0 Å². The zero-order valence-electron chi connectivity index (χ0n) is 11.7. The van der Waals surface area contributed by atoms with Crippen molar-refractivity contribution in [3.63, 3.8) is 0 Å². The van der Waals surface area contributed by atoms with Crippen LogP contribution >= 0.6 is 15.9 Å². The first kappa shape index (κ1) is 15.0. The van der Waals surface area contributed by atoms with Crippen LogP contribution < -0.4 is 5.73 Å². The summed E-state index contributed by atoms with van der Waals surface area (Å²) in [6, 6.07) is 8.51. The number of likely N-dealkylation sites (N-methyl/N-ethyl adjacent to an activating group) is 1. The normalized spacial score (nSPS) is 19.5. The second-order valence-electron chi connectivity index (χ2n) is 5.22. The average molecular weight is 326 g/mol. The molecule has 1 saturated heterocycles. The highest BCUT2D eigenvalue weighted by atomic mass is 79.9. The predicted molar refractivity (Wildman–Crippen MR) is 84.2 cm³/mol. The second kappa shape index (κ2) is 7.39. The molecule has 2 N–H and O–H groups in total. The number of hydrogen-bond acceptors (Lipinski definition) is 3. The van der Waals surface area contributed by atoms with E-state index in [2.05, 4.69) is 56.9 Å². The summed E-state index contributed by atoms with van der Waals surface area (Å²) in [4.78, 5) is 5.04. The van der Waals surface area contributed by atoms with E-state index in [4.69, 9.17) is 5.73 Å². The molecular formula is C15H24BrN3. The van der Waals surface area contributed by atoms with Crippen LogP contribution in [0.25, 0.3) is 0 Å². The van der Waals surface area contributed by atoms with Gasteiger partial charge in [-0.2, -0.15) is 0 Å². The molecule has 0 bridgehead atoms. The van der Waals surface area contributed by atoms with E-state index in [0.29, 0.717) is 0 Å². The van der Waals surface area contributed by atoms with Gasteiger partial charge in [0.05, 0.1) is 0 Å². The van der Waals surface area contributed by atoms with Gasteiger partial charge in [-0.15, -0.1) is 0 Å². The molecule has 2 rings (SSSR count). The van der Waals surface area contributed by atoms with Crippen LogP contribution in [0.5, 0.6) is 0 Å². The van der Waals surface area contributed by atoms with Crippen molar-refractivity contribution in [3.05, 3.63) is 34.3 Å². The topological polar surface area (TPSA) is 32.5 Å². The number of benzene rings is 1. The highest BCUT2D eigenvalue weighted by molar-refractivity contribution is 9.10. The fourth-order valence-electron chi connectivity index (χ4n) is 2.53. The molecule has 3 nitrogen and oxygen atoms in total. The number of nitrogens with zero attached hydrogens (tertiary/aromatic N) is 2. The Labute approximate surface area is 124 Å². The van der Waals surface area contributed by atoms with Crippen LogP contribution in [-0.2, 0) is 0 Å². The molecule has 19 heavy (non-hydrogen) atoms. The third-order valence-electron chi connectivity index (χ3n) is 3.97. The van der Waals surface area contributed by atoms with Crippen LogP contribution in [-0.4, -0.2) is 49.1 Å². The molecule has 1 aliphatic rings. The molecule has 0 amide bonds. The van der Waals surface area contributed by atoms with Crippen molar-refractivity contribution in [1.82, 2.24) is 9.80 Å². The average Bonchev–Trinajstić information content (AvgIpc) is 2.46. The second-order valence-corrected chi connectivity index (χ2v) is 6.14. The standard InChI is InChI=1S/C15H24BrN3/c1-2-18-9-11-19(12-10-18)8-7-15(17)13-3-5-14(16)6-4-13/h3-6,15H,2,7-12,17H2,1H3. The molecule has 0 spiro atoms. The summed E-state index contributed by atoms with van der Waals surface area (Å²) in [6.45, 7) is 9.27. The van der Waals surface area contributed by atoms with Crippen molar-refractivity contribution in [2.75, 3.05) is 39.3 Å². The lowest BCUT2D eigenvalue weighted by molar-refractivity contribution is 0.134. The SMILES string of the molecule is CCN1CCN(CCC(N)c2ccc(Br)cc2)CC1. The van der Waals surface area contributed by atoms with Crippen molar-refractivity contribution < 1.29 is 0 Å². The molecule has 4 heteroatoms. The van der Waals surface area contributed by atoms with Crippen LogP contribution in [0.15, 0.2) is 28.7 Å². The number of rotatable bonds is 5.